The molecule has 100 valence electrons. The predicted octanol–water partition coefficient (Wildman–Crippen LogP) is 0.0275. The second-order valence-electron chi connectivity index (χ2n) is 3.89. The number of aryl methyl sites for hydroxylation is 1. The van der Waals surface area contributed by atoms with E-state index in [1.165, 1.54) is 9.58 Å². The van der Waals surface area contributed by atoms with E-state index >= 15 is 0 Å². The number of anilines is 1. The van der Waals surface area contributed by atoms with Crippen LogP contribution >= 0.6 is 0 Å². The Bertz CT molecular complexity index is 441. The summed E-state index contributed by atoms with van der Waals surface area (Å²) >= 11 is 0. The van der Waals surface area contributed by atoms with Crippen molar-refractivity contribution in [3.63, 3.8) is 0 Å². The summed E-state index contributed by atoms with van der Waals surface area (Å²) in [6.07, 6.45) is 1.72. The van der Waals surface area contributed by atoms with E-state index in [0.29, 0.717) is 12.3 Å². The Labute approximate surface area is 105 Å². The van der Waals surface area contributed by atoms with Gasteiger partial charge in [0.1, 0.15) is 0 Å². The maximum absolute atomic E-state index is 12.0. The zero-order chi connectivity index (χ0) is 13.7. The van der Waals surface area contributed by atoms with E-state index in [1.807, 2.05) is 0 Å². The van der Waals surface area contributed by atoms with Crippen LogP contribution in [0.3, 0.4) is 0 Å². The largest absolute Gasteiger partial charge is 0.466 e. The van der Waals surface area contributed by atoms with Crippen molar-refractivity contribution in [1.82, 2.24) is 14.7 Å². The molecule has 0 aromatic carbocycles. The average molecular weight is 254 g/mol. The molecule has 1 heterocycles. The fourth-order valence-electron chi connectivity index (χ4n) is 1.45. The molecule has 2 N–H and O–H groups in total. The van der Waals surface area contributed by atoms with Gasteiger partial charge in [-0.1, -0.05) is 0 Å². The number of rotatable bonds is 5. The molecule has 1 aromatic rings. The molecule has 1 amide bonds. The lowest BCUT2D eigenvalue weighted by Crippen LogP contribution is -2.30. The standard InChI is InChI=1S/C11H18N4O3/c1-4-18-9(16)5-6-14(2)11(17)10-8(12)7-15(3)13-10/h7H,4-6,12H2,1-3H3. The van der Waals surface area contributed by atoms with Crippen LogP contribution in [-0.4, -0.2) is 46.8 Å². The van der Waals surface area contributed by atoms with Crippen molar-refractivity contribution in [2.45, 2.75) is 13.3 Å². The van der Waals surface area contributed by atoms with Gasteiger partial charge in [0.05, 0.1) is 18.7 Å². The first-order valence-electron chi connectivity index (χ1n) is 5.66. The highest BCUT2D eigenvalue weighted by atomic mass is 16.5. The second-order valence-corrected chi connectivity index (χ2v) is 3.89. The molecule has 0 aliphatic rings. The van der Waals surface area contributed by atoms with E-state index in [-0.39, 0.29) is 30.5 Å². The van der Waals surface area contributed by atoms with Crippen LogP contribution in [0.5, 0.6) is 0 Å². The molecule has 1 aromatic heterocycles. The number of amides is 1. The minimum absolute atomic E-state index is 0.156. The molecule has 0 aliphatic heterocycles. The number of hydrogen-bond donors (Lipinski definition) is 1. The number of esters is 1. The van der Waals surface area contributed by atoms with Crippen molar-refractivity contribution in [2.75, 3.05) is 25.9 Å². The Kier molecular flexibility index (Phi) is 4.70. The maximum Gasteiger partial charge on any atom is 0.307 e. The summed E-state index contributed by atoms with van der Waals surface area (Å²) in [7, 11) is 3.28. The predicted molar refractivity (Wildman–Crippen MR) is 65.8 cm³/mol. The van der Waals surface area contributed by atoms with Crippen molar-refractivity contribution in [2.24, 2.45) is 7.05 Å². The molecule has 0 bridgehead atoms. The zero-order valence-electron chi connectivity index (χ0n) is 10.8. The molecular formula is C11H18N4O3. The van der Waals surface area contributed by atoms with Crippen molar-refractivity contribution in [1.29, 1.82) is 0 Å². The first-order chi connectivity index (χ1) is 8.45. The summed E-state index contributed by atoms with van der Waals surface area (Å²) in [5.41, 5.74) is 6.18. The Morgan fingerprint density at radius 3 is 2.72 bits per heavy atom. The third-order valence-corrected chi connectivity index (χ3v) is 2.36. The van der Waals surface area contributed by atoms with Crippen LogP contribution < -0.4 is 5.73 Å². The fourth-order valence-corrected chi connectivity index (χ4v) is 1.45. The molecule has 0 radical (unpaired) electrons. The second kappa shape index (κ2) is 6.04. The van der Waals surface area contributed by atoms with Crippen LogP contribution in [0.15, 0.2) is 6.20 Å². The van der Waals surface area contributed by atoms with Gasteiger partial charge in [-0.2, -0.15) is 5.10 Å². The lowest BCUT2D eigenvalue weighted by molar-refractivity contribution is -0.143. The smallest absolute Gasteiger partial charge is 0.307 e. The van der Waals surface area contributed by atoms with Crippen molar-refractivity contribution >= 4 is 17.6 Å². The number of nitrogen functional groups attached to an aromatic ring is 1. The Morgan fingerprint density at radius 2 is 2.22 bits per heavy atom. The SMILES string of the molecule is CCOC(=O)CCN(C)C(=O)c1nn(C)cc1N. The normalized spacial score (nSPS) is 10.2. The third-order valence-electron chi connectivity index (χ3n) is 2.36. The van der Waals surface area contributed by atoms with E-state index < -0.39 is 0 Å². The topological polar surface area (TPSA) is 90.5 Å². The van der Waals surface area contributed by atoms with Crippen molar-refractivity contribution in [3.8, 4) is 0 Å². The minimum atomic E-state index is -0.328. The van der Waals surface area contributed by atoms with E-state index in [4.69, 9.17) is 10.5 Å². The number of carbonyl (C=O) groups excluding carboxylic acids is 2. The Hall–Kier alpha value is -2.05. The summed E-state index contributed by atoms with van der Waals surface area (Å²) in [4.78, 5) is 24.5. The number of nitrogens with zero attached hydrogens (tertiary/aromatic N) is 3. The lowest BCUT2D eigenvalue weighted by Gasteiger charge is -2.15. The molecule has 0 fully saturated rings. The van der Waals surface area contributed by atoms with E-state index in [2.05, 4.69) is 5.10 Å². The third kappa shape index (κ3) is 3.47. The number of hydrogen-bond acceptors (Lipinski definition) is 5. The molecule has 0 spiro atoms. The van der Waals surface area contributed by atoms with Gasteiger partial charge in [-0.05, 0) is 6.92 Å². The van der Waals surface area contributed by atoms with E-state index in [0.717, 1.165) is 0 Å². The molecule has 7 heteroatoms. The van der Waals surface area contributed by atoms with Gasteiger partial charge >= 0.3 is 5.97 Å². The van der Waals surface area contributed by atoms with Gasteiger partial charge in [-0.3, -0.25) is 14.3 Å². The van der Waals surface area contributed by atoms with Gasteiger partial charge in [-0.25, -0.2) is 0 Å². The van der Waals surface area contributed by atoms with Gasteiger partial charge in [0.25, 0.3) is 5.91 Å². The van der Waals surface area contributed by atoms with Gasteiger partial charge < -0.3 is 15.4 Å². The highest BCUT2D eigenvalue weighted by Crippen LogP contribution is 2.10. The van der Waals surface area contributed by atoms with Crippen LogP contribution in [0.25, 0.3) is 0 Å². The average Bonchev–Trinajstić information content (AvgIpc) is 2.64. The maximum atomic E-state index is 12.0. The highest BCUT2D eigenvalue weighted by Gasteiger charge is 2.19. The number of ether oxygens (including phenoxy) is 1. The van der Waals surface area contributed by atoms with E-state index in [1.54, 1.807) is 27.2 Å². The number of aromatic nitrogens is 2. The minimum Gasteiger partial charge on any atom is -0.466 e. The fraction of sp³-hybridized carbons (Fsp3) is 0.545. The lowest BCUT2D eigenvalue weighted by atomic mass is 10.3. The van der Waals surface area contributed by atoms with Crippen molar-refractivity contribution < 1.29 is 14.3 Å². The summed E-state index contributed by atoms with van der Waals surface area (Å²) in [6.45, 7) is 2.35. The number of carbonyl (C=O) groups is 2. The summed E-state index contributed by atoms with van der Waals surface area (Å²) in [5, 5.41) is 3.98. The molecular weight excluding hydrogens is 236 g/mol. The first kappa shape index (κ1) is 14.0. The molecule has 18 heavy (non-hydrogen) atoms. The molecule has 7 nitrogen and oxygen atoms in total. The molecule has 0 aliphatic carbocycles. The molecule has 0 saturated carbocycles. The van der Waals surface area contributed by atoms with Crippen LogP contribution in [-0.2, 0) is 16.6 Å². The molecule has 0 atom stereocenters. The molecule has 1 rings (SSSR count). The van der Waals surface area contributed by atoms with Crippen LogP contribution in [0.2, 0.25) is 0 Å². The van der Waals surface area contributed by atoms with Crippen LogP contribution in [0.4, 0.5) is 5.69 Å². The Morgan fingerprint density at radius 1 is 1.56 bits per heavy atom. The first-order valence-corrected chi connectivity index (χ1v) is 5.66. The molecule has 0 saturated heterocycles. The van der Waals surface area contributed by atoms with Crippen LogP contribution in [0.1, 0.15) is 23.8 Å². The van der Waals surface area contributed by atoms with Gasteiger partial charge in [0.15, 0.2) is 5.69 Å². The Balaban J connectivity index is 2.57. The zero-order valence-corrected chi connectivity index (χ0v) is 10.8. The van der Waals surface area contributed by atoms with Gasteiger partial charge in [-0.15, -0.1) is 0 Å². The number of nitrogens with two attached hydrogens (primary N) is 1. The monoisotopic (exact) mass is 254 g/mol. The molecule has 0 unspecified atom stereocenters. The van der Waals surface area contributed by atoms with E-state index in [9.17, 15) is 9.59 Å². The summed E-state index contributed by atoms with van der Waals surface area (Å²) in [5.74, 6) is -0.636. The summed E-state index contributed by atoms with van der Waals surface area (Å²) in [6, 6.07) is 0. The van der Waals surface area contributed by atoms with Crippen LogP contribution in [0, 0.1) is 0 Å². The van der Waals surface area contributed by atoms with Crippen molar-refractivity contribution in [3.05, 3.63) is 11.9 Å². The highest BCUT2D eigenvalue weighted by molar-refractivity contribution is 5.97. The quantitative estimate of drug-likeness (QED) is 0.748. The van der Waals surface area contributed by atoms with Gasteiger partial charge in [0.2, 0.25) is 0 Å². The van der Waals surface area contributed by atoms with Gasteiger partial charge in [0, 0.05) is 26.8 Å². The summed E-state index contributed by atoms with van der Waals surface area (Å²) < 4.78 is 6.26.